The summed E-state index contributed by atoms with van der Waals surface area (Å²) < 4.78 is 0. The SMILES string of the molecule is CC#CNC1NC(c2ccc(N)cc2)=CC1=C(C)C. The molecule has 0 saturated heterocycles. The molecule has 0 saturated carbocycles. The van der Waals surface area contributed by atoms with E-state index in [0.717, 1.165) is 16.9 Å². The second-order valence-electron chi connectivity index (χ2n) is 4.73. The average molecular weight is 253 g/mol. The van der Waals surface area contributed by atoms with Gasteiger partial charge in [0.2, 0.25) is 0 Å². The predicted octanol–water partition coefficient (Wildman–Crippen LogP) is 2.45. The van der Waals surface area contributed by atoms with Crippen LogP contribution in [0.5, 0.6) is 0 Å². The van der Waals surface area contributed by atoms with E-state index in [4.69, 9.17) is 5.73 Å². The molecule has 1 heterocycles. The van der Waals surface area contributed by atoms with Crippen molar-refractivity contribution in [1.29, 1.82) is 0 Å². The van der Waals surface area contributed by atoms with E-state index < -0.39 is 0 Å². The molecule has 4 N–H and O–H groups in total. The quantitative estimate of drug-likeness (QED) is 0.431. The van der Waals surface area contributed by atoms with Crippen molar-refractivity contribution in [3.05, 3.63) is 47.1 Å². The molecule has 0 radical (unpaired) electrons. The Morgan fingerprint density at radius 1 is 1.26 bits per heavy atom. The van der Waals surface area contributed by atoms with Gasteiger partial charge in [-0.2, -0.15) is 0 Å². The predicted molar refractivity (Wildman–Crippen MR) is 80.7 cm³/mol. The van der Waals surface area contributed by atoms with Gasteiger partial charge in [0.05, 0.1) is 0 Å². The zero-order valence-corrected chi connectivity index (χ0v) is 11.5. The van der Waals surface area contributed by atoms with Crippen LogP contribution in [0.1, 0.15) is 26.3 Å². The second-order valence-corrected chi connectivity index (χ2v) is 4.73. The molecule has 0 amide bonds. The highest BCUT2D eigenvalue weighted by molar-refractivity contribution is 5.72. The van der Waals surface area contributed by atoms with Crippen molar-refractivity contribution >= 4 is 11.4 Å². The minimum absolute atomic E-state index is 0.0463. The summed E-state index contributed by atoms with van der Waals surface area (Å²) in [7, 11) is 0. The normalized spacial score (nSPS) is 17.1. The third kappa shape index (κ3) is 2.92. The van der Waals surface area contributed by atoms with Crippen LogP contribution in [0.15, 0.2) is 41.5 Å². The van der Waals surface area contributed by atoms with E-state index in [1.807, 2.05) is 31.2 Å². The van der Waals surface area contributed by atoms with Gasteiger partial charge >= 0.3 is 0 Å². The van der Waals surface area contributed by atoms with Gasteiger partial charge in [0, 0.05) is 17.4 Å². The van der Waals surface area contributed by atoms with Crippen LogP contribution < -0.4 is 16.4 Å². The number of anilines is 1. The van der Waals surface area contributed by atoms with E-state index in [1.165, 1.54) is 11.1 Å². The molecule has 1 atom stereocenters. The number of hydrogen-bond acceptors (Lipinski definition) is 3. The molecule has 1 aliphatic rings. The Morgan fingerprint density at radius 2 is 1.95 bits per heavy atom. The van der Waals surface area contributed by atoms with Crippen molar-refractivity contribution in [2.45, 2.75) is 26.9 Å². The fourth-order valence-electron chi connectivity index (χ4n) is 2.03. The van der Waals surface area contributed by atoms with Gasteiger partial charge in [-0.05, 0) is 50.1 Å². The Labute approximate surface area is 114 Å². The average Bonchev–Trinajstić information content (AvgIpc) is 2.81. The lowest BCUT2D eigenvalue weighted by Crippen LogP contribution is -2.36. The van der Waals surface area contributed by atoms with Gasteiger partial charge in [0.15, 0.2) is 0 Å². The van der Waals surface area contributed by atoms with Crippen LogP contribution in [0.2, 0.25) is 0 Å². The highest BCUT2D eigenvalue weighted by atomic mass is 15.1. The molecule has 1 aliphatic heterocycles. The molecule has 1 aromatic carbocycles. The lowest BCUT2D eigenvalue weighted by molar-refractivity contribution is 0.658. The topological polar surface area (TPSA) is 50.1 Å². The van der Waals surface area contributed by atoms with Crippen LogP contribution in [0.4, 0.5) is 5.69 Å². The standard InChI is InChI=1S/C16H19N3/c1-4-9-18-16-14(11(2)3)10-15(19-16)12-5-7-13(17)8-6-12/h5-8,10,16,18-19H,17H2,1-3H3. The molecule has 0 bridgehead atoms. The van der Waals surface area contributed by atoms with Gasteiger partial charge in [-0.15, -0.1) is 0 Å². The van der Waals surface area contributed by atoms with Crippen LogP contribution >= 0.6 is 0 Å². The van der Waals surface area contributed by atoms with E-state index in [2.05, 4.69) is 42.5 Å². The van der Waals surface area contributed by atoms with Crippen molar-refractivity contribution in [2.75, 3.05) is 5.73 Å². The monoisotopic (exact) mass is 253 g/mol. The van der Waals surface area contributed by atoms with Crippen molar-refractivity contribution in [1.82, 2.24) is 10.6 Å². The third-order valence-electron chi connectivity index (χ3n) is 3.05. The van der Waals surface area contributed by atoms with Crippen molar-refractivity contribution in [3.63, 3.8) is 0 Å². The molecule has 3 nitrogen and oxygen atoms in total. The van der Waals surface area contributed by atoms with Crippen LogP contribution in [0.25, 0.3) is 5.70 Å². The molecule has 0 aromatic heterocycles. The van der Waals surface area contributed by atoms with Gasteiger partial charge in [-0.25, -0.2) is 0 Å². The molecular weight excluding hydrogens is 234 g/mol. The molecule has 0 spiro atoms. The summed E-state index contributed by atoms with van der Waals surface area (Å²) in [5.41, 5.74) is 11.2. The molecule has 2 rings (SSSR count). The van der Waals surface area contributed by atoms with Crippen molar-refractivity contribution < 1.29 is 0 Å². The fourth-order valence-corrected chi connectivity index (χ4v) is 2.03. The summed E-state index contributed by atoms with van der Waals surface area (Å²) in [4.78, 5) is 0. The highest BCUT2D eigenvalue weighted by Crippen LogP contribution is 2.25. The molecule has 1 unspecified atom stereocenters. The van der Waals surface area contributed by atoms with Gasteiger partial charge in [0.1, 0.15) is 6.17 Å². The van der Waals surface area contributed by atoms with E-state index in [0.29, 0.717) is 0 Å². The minimum atomic E-state index is 0.0463. The number of nitrogens with one attached hydrogen (secondary N) is 2. The first-order chi connectivity index (χ1) is 9.11. The van der Waals surface area contributed by atoms with Gasteiger partial charge in [0.25, 0.3) is 0 Å². The first kappa shape index (κ1) is 13.1. The first-order valence-corrected chi connectivity index (χ1v) is 6.30. The maximum absolute atomic E-state index is 5.71. The van der Waals surface area contributed by atoms with E-state index in [1.54, 1.807) is 0 Å². The molecule has 19 heavy (non-hydrogen) atoms. The first-order valence-electron chi connectivity index (χ1n) is 6.30. The molecule has 98 valence electrons. The summed E-state index contributed by atoms with van der Waals surface area (Å²) in [6.45, 7) is 6.03. The van der Waals surface area contributed by atoms with E-state index in [-0.39, 0.29) is 6.17 Å². The van der Waals surface area contributed by atoms with E-state index >= 15 is 0 Å². The van der Waals surface area contributed by atoms with Gasteiger partial charge < -0.3 is 16.4 Å². The summed E-state index contributed by atoms with van der Waals surface area (Å²) in [5, 5.41) is 6.61. The summed E-state index contributed by atoms with van der Waals surface area (Å²) >= 11 is 0. The third-order valence-corrected chi connectivity index (χ3v) is 3.05. The number of hydrogen-bond donors (Lipinski definition) is 3. The largest absolute Gasteiger partial charge is 0.399 e. The van der Waals surface area contributed by atoms with Crippen LogP contribution in [-0.4, -0.2) is 6.17 Å². The molecule has 0 fully saturated rings. The lowest BCUT2D eigenvalue weighted by atomic mass is 10.1. The highest BCUT2D eigenvalue weighted by Gasteiger charge is 2.21. The van der Waals surface area contributed by atoms with Crippen LogP contribution in [0, 0.1) is 12.0 Å². The molecule has 0 aliphatic carbocycles. The Kier molecular flexibility index (Phi) is 3.82. The second kappa shape index (κ2) is 5.53. The van der Waals surface area contributed by atoms with Crippen LogP contribution in [-0.2, 0) is 0 Å². The number of nitrogen functional groups attached to an aromatic ring is 1. The Balaban J connectivity index is 2.28. The van der Waals surface area contributed by atoms with Gasteiger partial charge in [-0.1, -0.05) is 23.6 Å². The van der Waals surface area contributed by atoms with Gasteiger partial charge in [-0.3, -0.25) is 0 Å². The smallest absolute Gasteiger partial charge is 0.130 e. The molecule has 1 aromatic rings. The molecule has 3 heteroatoms. The Morgan fingerprint density at radius 3 is 2.53 bits per heavy atom. The fraction of sp³-hybridized carbons (Fsp3) is 0.250. The number of benzene rings is 1. The summed E-state index contributed by atoms with van der Waals surface area (Å²) in [6.07, 6.45) is 2.21. The van der Waals surface area contributed by atoms with Crippen molar-refractivity contribution in [2.24, 2.45) is 0 Å². The van der Waals surface area contributed by atoms with Crippen LogP contribution in [0.3, 0.4) is 0 Å². The Hall–Kier alpha value is -2.34. The maximum Gasteiger partial charge on any atom is 0.130 e. The Bertz CT molecular complexity index is 579. The summed E-state index contributed by atoms with van der Waals surface area (Å²) in [5.74, 6) is 2.85. The maximum atomic E-state index is 5.71. The minimum Gasteiger partial charge on any atom is -0.399 e. The zero-order valence-electron chi connectivity index (χ0n) is 11.5. The molecular formula is C16H19N3. The van der Waals surface area contributed by atoms with E-state index in [9.17, 15) is 0 Å². The number of allylic oxidation sites excluding steroid dienone is 1. The zero-order chi connectivity index (χ0) is 13.8. The number of rotatable bonds is 2. The van der Waals surface area contributed by atoms with Crippen molar-refractivity contribution in [3.8, 4) is 12.0 Å². The lowest BCUT2D eigenvalue weighted by Gasteiger charge is -2.15. The summed E-state index contributed by atoms with van der Waals surface area (Å²) in [6, 6.07) is 10.8. The number of nitrogens with two attached hydrogens (primary N) is 1.